The number of halogens is 1. The molecular formula is C15H20ClNO2. The molecule has 0 bridgehead atoms. The molecule has 1 aliphatic heterocycles. The van der Waals surface area contributed by atoms with Crippen LogP contribution in [0.4, 0.5) is 0 Å². The van der Waals surface area contributed by atoms with Gasteiger partial charge in [-0.05, 0) is 43.5 Å². The van der Waals surface area contributed by atoms with E-state index in [1.165, 1.54) is 12.7 Å². The van der Waals surface area contributed by atoms with Crippen molar-refractivity contribution in [1.82, 2.24) is 4.90 Å². The number of methoxy groups -OCH3 is 1. The first-order valence-electron chi connectivity index (χ1n) is 6.65. The molecule has 1 aromatic carbocycles. The van der Waals surface area contributed by atoms with Gasteiger partial charge in [-0.15, -0.1) is 0 Å². The van der Waals surface area contributed by atoms with E-state index in [1.807, 2.05) is 13.0 Å². The molecule has 1 heterocycles. The minimum absolute atomic E-state index is 0.00275. The Hall–Kier alpha value is -1.06. The molecule has 2 rings (SSSR count). The van der Waals surface area contributed by atoms with E-state index < -0.39 is 0 Å². The standard InChI is InChI=1S/C15H20ClNO2/c1-11-5-6-12(14(16)8-11)9-17-7-3-4-13(10-17)15(18)19-2/h5-6,8,13H,3-4,7,9-10H2,1-2H3/t13-/m0/s1. The minimum Gasteiger partial charge on any atom is -0.469 e. The molecule has 1 aromatic rings. The second kappa shape index (κ2) is 6.40. The van der Waals surface area contributed by atoms with Gasteiger partial charge >= 0.3 is 5.97 Å². The van der Waals surface area contributed by atoms with E-state index in [9.17, 15) is 4.79 Å². The Morgan fingerprint density at radius 1 is 1.53 bits per heavy atom. The van der Waals surface area contributed by atoms with E-state index >= 15 is 0 Å². The van der Waals surface area contributed by atoms with Gasteiger partial charge in [0.25, 0.3) is 0 Å². The fourth-order valence-corrected chi connectivity index (χ4v) is 2.87. The number of piperidine rings is 1. The van der Waals surface area contributed by atoms with Gasteiger partial charge in [0.2, 0.25) is 0 Å². The SMILES string of the molecule is COC(=O)[C@H]1CCCN(Cc2ccc(C)cc2Cl)C1. The van der Waals surface area contributed by atoms with Gasteiger partial charge in [0.05, 0.1) is 13.0 Å². The molecular weight excluding hydrogens is 262 g/mol. The first kappa shape index (κ1) is 14.4. The third-order valence-electron chi connectivity index (χ3n) is 3.64. The van der Waals surface area contributed by atoms with Gasteiger partial charge in [-0.2, -0.15) is 0 Å². The highest BCUT2D eigenvalue weighted by atomic mass is 35.5. The van der Waals surface area contributed by atoms with E-state index in [2.05, 4.69) is 17.0 Å². The number of carbonyl (C=O) groups is 1. The maximum Gasteiger partial charge on any atom is 0.309 e. The number of aryl methyl sites for hydroxylation is 1. The molecule has 0 aliphatic carbocycles. The van der Waals surface area contributed by atoms with Crippen molar-refractivity contribution in [2.45, 2.75) is 26.3 Å². The summed E-state index contributed by atoms with van der Waals surface area (Å²) in [5, 5.41) is 0.806. The zero-order valence-corrected chi connectivity index (χ0v) is 12.2. The number of likely N-dealkylation sites (tertiary alicyclic amines) is 1. The van der Waals surface area contributed by atoms with Crippen LogP contribution in [-0.4, -0.2) is 31.1 Å². The van der Waals surface area contributed by atoms with Crippen molar-refractivity contribution in [2.75, 3.05) is 20.2 Å². The van der Waals surface area contributed by atoms with Crippen molar-refractivity contribution in [3.63, 3.8) is 0 Å². The quantitative estimate of drug-likeness (QED) is 0.798. The van der Waals surface area contributed by atoms with E-state index in [-0.39, 0.29) is 11.9 Å². The van der Waals surface area contributed by atoms with Crippen molar-refractivity contribution in [1.29, 1.82) is 0 Å². The van der Waals surface area contributed by atoms with Crippen molar-refractivity contribution < 1.29 is 9.53 Å². The monoisotopic (exact) mass is 281 g/mol. The molecule has 1 aliphatic rings. The maximum absolute atomic E-state index is 11.6. The number of hydrogen-bond acceptors (Lipinski definition) is 3. The van der Waals surface area contributed by atoms with Gasteiger partial charge in [0, 0.05) is 18.1 Å². The van der Waals surface area contributed by atoms with Gasteiger partial charge in [-0.25, -0.2) is 0 Å². The third kappa shape index (κ3) is 3.71. The molecule has 4 heteroatoms. The minimum atomic E-state index is -0.0975. The molecule has 104 valence electrons. The molecule has 1 fully saturated rings. The highest BCUT2D eigenvalue weighted by Gasteiger charge is 2.26. The normalized spacial score (nSPS) is 20.3. The Labute approximate surface area is 119 Å². The number of ether oxygens (including phenoxy) is 1. The zero-order chi connectivity index (χ0) is 13.8. The summed E-state index contributed by atoms with van der Waals surface area (Å²) in [7, 11) is 1.46. The van der Waals surface area contributed by atoms with E-state index in [4.69, 9.17) is 16.3 Å². The first-order valence-corrected chi connectivity index (χ1v) is 7.03. The maximum atomic E-state index is 11.6. The summed E-state index contributed by atoms with van der Waals surface area (Å²) in [5.41, 5.74) is 2.29. The lowest BCUT2D eigenvalue weighted by Crippen LogP contribution is -2.38. The van der Waals surface area contributed by atoms with Crippen LogP contribution in [0.3, 0.4) is 0 Å². The molecule has 1 atom stereocenters. The number of nitrogens with zero attached hydrogens (tertiary/aromatic N) is 1. The van der Waals surface area contributed by atoms with Crippen LogP contribution in [0.15, 0.2) is 18.2 Å². The summed E-state index contributed by atoms with van der Waals surface area (Å²) in [6, 6.07) is 6.13. The molecule has 0 N–H and O–H groups in total. The van der Waals surface area contributed by atoms with Crippen molar-refractivity contribution in [3.05, 3.63) is 34.3 Å². The largest absolute Gasteiger partial charge is 0.469 e. The Morgan fingerprint density at radius 3 is 3.00 bits per heavy atom. The number of benzene rings is 1. The molecule has 0 amide bonds. The van der Waals surface area contributed by atoms with Crippen LogP contribution in [0.1, 0.15) is 24.0 Å². The zero-order valence-electron chi connectivity index (χ0n) is 11.5. The van der Waals surface area contributed by atoms with Crippen LogP contribution in [0.5, 0.6) is 0 Å². The van der Waals surface area contributed by atoms with Crippen LogP contribution in [0.2, 0.25) is 5.02 Å². The van der Waals surface area contributed by atoms with E-state index in [0.29, 0.717) is 0 Å². The molecule has 0 radical (unpaired) electrons. The summed E-state index contributed by atoms with van der Waals surface area (Å²) in [5.74, 6) is -0.0947. The van der Waals surface area contributed by atoms with Crippen LogP contribution in [0, 0.1) is 12.8 Å². The predicted octanol–water partition coefficient (Wildman–Crippen LogP) is 3.03. The first-order chi connectivity index (χ1) is 9.10. The van der Waals surface area contributed by atoms with Gasteiger partial charge in [-0.1, -0.05) is 23.7 Å². The van der Waals surface area contributed by atoms with E-state index in [0.717, 1.165) is 43.1 Å². The topological polar surface area (TPSA) is 29.5 Å². The average Bonchev–Trinajstić information content (AvgIpc) is 2.41. The van der Waals surface area contributed by atoms with E-state index in [1.54, 1.807) is 0 Å². The lowest BCUT2D eigenvalue weighted by atomic mass is 9.97. The second-order valence-electron chi connectivity index (χ2n) is 5.19. The number of carbonyl (C=O) groups excluding carboxylic acids is 1. The predicted molar refractivity (Wildman–Crippen MR) is 76.2 cm³/mol. The fraction of sp³-hybridized carbons (Fsp3) is 0.533. The van der Waals surface area contributed by atoms with Crippen LogP contribution in [0.25, 0.3) is 0 Å². The lowest BCUT2D eigenvalue weighted by Gasteiger charge is -2.31. The number of hydrogen-bond donors (Lipinski definition) is 0. The molecule has 1 saturated heterocycles. The summed E-state index contributed by atoms with van der Waals surface area (Å²) in [6.07, 6.45) is 1.95. The van der Waals surface area contributed by atoms with Gasteiger partial charge in [-0.3, -0.25) is 9.69 Å². The van der Waals surface area contributed by atoms with Crippen molar-refractivity contribution in [3.8, 4) is 0 Å². The molecule has 0 saturated carbocycles. The molecule has 0 aromatic heterocycles. The number of rotatable bonds is 3. The van der Waals surface area contributed by atoms with Crippen LogP contribution in [-0.2, 0) is 16.1 Å². The Balaban J connectivity index is 2.00. The molecule has 0 spiro atoms. The average molecular weight is 282 g/mol. The Kier molecular flexibility index (Phi) is 4.83. The van der Waals surface area contributed by atoms with Crippen molar-refractivity contribution >= 4 is 17.6 Å². The summed E-state index contributed by atoms with van der Waals surface area (Å²) in [6.45, 7) is 4.60. The summed E-state index contributed by atoms with van der Waals surface area (Å²) in [4.78, 5) is 13.9. The van der Waals surface area contributed by atoms with Crippen LogP contribution < -0.4 is 0 Å². The fourth-order valence-electron chi connectivity index (χ4n) is 2.58. The smallest absolute Gasteiger partial charge is 0.309 e. The van der Waals surface area contributed by atoms with Gasteiger partial charge in [0.1, 0.15) is 0 Å². The Bertz CT molecular complexity index is 461. The van der Waals surface area contributed by atoms with Gasteiger partial charge < -0.3 is 4.74 Å². The molecule has 3 nitrogen and oxygen atoms in total. The third-order valence-corrected chi connectivity index (χ3v) is 3.99. The van der Waals surface area contributed by atoms with Gasteiger partial charge in [0.15, 0.2) is 0 Å². The highest BCUT2D eigenvalue weighted by molar-refractivity contribution is 6.31. The summed E-state index contributed by atoms with van der Waals surface area (Å²) < 4.78 is 4.84. The highest BCUT2D eigenvalue weighted by Crippen LogP contribution is 2.23. The molecule has 0 unspecified atom stereocenters. The molecule has 19 heavy (non-hydrogen) atoms. The second-order valence-corrected chi connectivity index (χ2v) is 5.60. The van der Waals surface area contributed by atoms with Crippen LogP contribution >= 0.6 is 11.6 Å². The van der Waals surface area contributed by atoms with Crippen molar-refractivity contribution in [2.24, 2.45) is 5.92 Å². The Morgan fingerprint density at radius 2 is 2.32 bits per heavy atom. The summed E-state index contributed by atoms with van der Waals surface area (Å²) >= 11 is 6.26. The lowest BCUT2D eigenvalue weighted by molar-refractivity contribution is -0.147. The number of esters is 1.